The second-order valence-corrected chi connectivity index (χ2v) is 6.96. The zero-order valence-electron chi connectivity index (χ0n) is 14.2. The van der Waals surface area contributed by atoms with Gasteiger partial charge in [-0.05, 0) is 32.3 Å². The van der Waals surface area contributed by atoms with Crippen molar-refractivity contribution in [1.82, 2.24) is 20.0 Å². The fraction of sp³-hybridized carbons (Fsp3) is 0.706. The van der Waals surface area contributed by atoms with E-state index in [-0.39, 0.29) is 17.7 Å². The molecule has 0 radical (unpaired) electrons. The highest BCUT2D eigenvalue weighted by atomic mass is 16.3. The van der Waals surface area contributed by atoms with E-state index in [1.54, 1.807) is 4.90 Å². The number of hydrogen-bond acceptors (Lipinski definition) is 4. The Labute approximate surface area is 142 Å². The molecule has 2 aliphatic heterocycles. The molecule has 1 aromatic rings. The Balaban J connectivity index is 1.43. The zero-order valence-corrected chi connectivity index (χ0v) is 14.2. The molecule has 2 amide bonds. The number of nitrogens with one attached hydrogen (secondary N) is 1. The van der Waals surface area contributed by atoms with E-state index < -0.39 is 6.10 Å². The molecule has 2 N–H and O–H groups in total. The molecule has 2 atom stereocenters. The van der Waals surface area contributed by atoms with Crippen molar-refractivity contribution < 1.29 is 14.7 Å². The minimum absolute atomic E-state index is 0.0387. The van der Waals surface area contributed by atoms with Crippen LogP contribution in [0.4, 0.5) is 0 Å². The summed E-state index contributed by atoms with van der Waals surface area (Å²) in [6.45, 7) is 4.41. The number of aromatic nitrogens is 2. The fourth-order valence-corrected chi connectivity index (χ4v) is 3.63. The van der Waals surface area contributed by atoms with Gasteiger partial charge < -0.3 is 14.9 Å². The van der Waals surface area contributed by atoms with Crippen LogP contribution in [0.2, 0.25) is 0 Å². The van der Waals surface area contributed by atoms with Crippen LogP contribution in [0, 0.1) is 12.8 Å². The number of nitrogens with zero attached hydrogens (tertiary/aromatic N) is 3. The third-order valence-corrected chi connectivity index (χ3v) is 4.98. The Morgan fingerprint density at radius 1 is 1.46 bits per heavy atom. The third-order valence-electron chi connectivity index (χ3n) is 4.98. The van der Waals surface area contributed by atoms with Crippen molar-refractivity contribution in [3.05, 3.63) is 17.5 Å². The van der Waals surface area contributed by atoms with Crippen LogP contribution in [-0.4, -0.2) is 69.2 Å². The normalized spacial score (nSPS) is 24.2. The van der Waals surface area contributed by atoms with Crippen molar-refractivity contribution in [1.29, 1.82) is 0 Å². The van der Waals surface area contributed by atoms with Crippen LogP contribution in [0.25, 0.3) is 0 Å². The Hall–Kier alpha value is -1.89. The standard InChI is InChI=1S/C17H26N4O3/c1-12-8-14(19-18-12)9-13-10-21(11-15(13)22)17(24)5-3-7-20-6-2-4-16(20)23/h8,13,15,22H,2-7,9-11H2,1H3,(H,18,19). The molecule has 2 aliphatic rings. The van der Waals surface area contributed by atoms with Gasteiger partial charge in [-0.2, -0.15) is 5.10 Å². The van der Waals surface area contributed by atoms with E-state index in [1.165, 1.54) is 0 Å². The van der Waals surface area contributed by atoms with E-state index in [2.05, 4.69) is 10.2 Å². The fourth-order valence-electron chi connectivity index (χ4n) is 3.63. The largest absolute Gasteiger partial charge is 0.391 e. The summed E-state index contributed by atoms with van der Waals surface area (Å²) in [5, 5.41) is 17.3. The molecular formula is C17H26N4O3. The van der Waals surface area contributed by atoms with Gasteiger partial charge in [-0.3, -0.25) is 14.7 Å². The predicted octanol–water partition coefficient (Wildman–Crippen LogP) is 0.483. The summed E-state index contributed by atoms with van der Waals surface area (Å²) in [7, 11) is 0. The molecule has 3 rings (SSSR count). The predicted molar refractivity (Wildman–Crippen MR) is 88.2 cm³/mol. The molecule has 2 fully saturated rings. The van der Waals surface area contributed by atoms with Crippen LogP contribution in [0.15, 0.2) is 6.07 Å². The van der Waals surface area contributed by atoms with Crippen LogP contribution < -0.4 is 0 Å². The van der Waals surface area contributed by atoms with Gasteiger partial charge in [-0.25, -0.2) is 0 Å². The molecule has 7 nitrogen and oxygen atoms in total. The number of H-pyrrole nitrogens is 1. The maximum absolute atomic E-state index is 12.3. The summed E-state index contributed by atoms with van der Waals surface area (Å²) in [6, 6.07) is 1.98. The van der Waals surface area contributed by atoms with Gasteiger partial charge in [0.2, 0.25) is 11.8 Å². The van der Waals surface area contributed by atoms with Gasteiger partial charge in [-0.15, -0.1) is 0 Å². The molecule has 0 bridgehead atoms. The molecule has 1 aromatic heterocycles. The number of aliphatic hydroxyl groups excluding tert-OH is 1. The highest BCUT2D eigenvalue weighted by molar-refractivity contribution is 5.78. The lowest BCUT2D eigenvalue weighted by Crippen LogP contribution is -2.31. The van der Waals surface area contributed by atoms with Gasteiger partial charge in [0.1, 0.15) is 0 Å². The Kier molecular flexibility index (Phi) is 5.18. The van der Waals surface area contributed by atoms with Gasteiger partial charge in [0.15, 0.2) is 0 Å². The maximum Gasteiger partial charge on any atom is 0.222 e. The molecule has 0 aromatic carbocycles. The number of hydrogen-bond donors (Lipinski definition) is 2. The van der Waals surface area contributed by atoms with Gasteiger partial charge in [0.25, 0.3) is 0 Å². The summed E-state index contributed by atoms with van der Waals surface area (Å²) in [4.78, 5) is 27.5. The smallest absolute Gasteiger partial charge is 0.222 e. The van der Waals surface area contributed by atoms with Crippen LogP contribution in [0.1, 0.15) is 37.1 Å². The van der Waals surface area contributed by atoms with Gasteiger partial charge in [-0.1, -0.05) is 0 Å². The molecule has 0 spiro atoms. The third kappa shape index (κ3) is 3.95. The molecule has 2 unspecified atom stereocenters. The van der Waals surface area contributed by atoms with E-state index in [0.29, 0.717) is 45.3 Å². The number of carbonyl (C=O) groups excluding carboxylic acids is 2. The summed E-state index contributed by atoms with van der Waals surface area (Å²) < 4.78 is 0. The number of rotatable bonds is 6. The number of amides is 2. The maximum atomic E-state index is 12.3. The van der Waals surface area contributed by atoms with Crippen LogP contribution >= 0.6 is 0 Å². The SMILES string of the molecule is Cc1cc(CC2CN(C(=O)CCCN3CCCC3=O)CC2O)n[nH]1. The summed E-state index contributed by atoms with van der Waals surface area (Å²) in [6.07, 6.45) is 2.88. The molecule has 0 aliphatic carbocycles. The first-order chi connectivity index (χ1) is 11.5. The summed E-state index contributed by atoms with van der Waals surface area (Å²) >= 11 is 0. The summed E-state index contributed by atoms with van der Waals surface area (Å²) in [5.74, 6) is 0.312. The van der Waals surface area contributed by atoms with E-state index in [0.717, 1.165) is 24.4 Å². The van der Waals surface area contributed by atoms with Gasteiger partial charge in [0.05, 0.1) is 11.8 Å². The van der Waals surface area contributed by atoms with Crippen molar-refractivity contribution in [2.75, 3.05) is 26.2 Å². The molecule has 24 heavy (non-hydrogen) atoms. The second kappa shape index (κ2) is 7.34. The van der Waals surface area contributed by atoms with Crippen molar-refractivity contribution in [2.45, 2.75) is 45.1 Å². The quantitative estimate of drug-likeness (QED) is 0.792. The Bertz CT molecular complexity index is 600. The van der Waals surface area contributed by atoms with Crippen LogP contribution in [0.5, 0.6) is 0 Å². The van der Waals surface area contributed by atoms with Crippen LogP contribution in [-0.2, 0) is 16.0 Å². The zero-order chi connectivity index (χ0) is 17.1. The molecule has 3 heterocycles. The molecule has 7 heteroatoms. The van der Waals surface area contributed by atoms with E-state index in [9.17, 15) is 14.7 Å². The van der Waals surface area contributed by atoms with Crippen molar-refractivity contribution in [2.24, 2.45) is 5.92 Å². The average Bonchev–Trinajstić information content (AvgIpc) is 3.23. The molecule has 132 valence electrons. The first-order valence-electron chi connectivity index (χ1n) is 8.77. The van der Waals surface area contributed by atoms with Crippen molar-refractivity contribution in [3.8, 4) is 0 Å². The lowest BCUT2D eigenvalue weighted by Gasteiger charge is -2.18. The Morgan fingerprint density at radius 3 is 2.96 bits per heavy atom. The molecular weight excluding hydrogens is 308 g/mol. The van der Waals surface area contributed by atoms with E-state index in [1.807, 2.05) is 17.9 Å². The lowest BCUT2D eigenvalue weighted by molar-refractivity contribution is -0.132. The first kappa shape index (κ1) is 17.0. The summed E-state index contributed by atoms with van der Waals surface area (Å²) in [5.41, 5.74) is 1.93. The first-order valence-corrected chi connectivity index (χ1v) is 8.77. The number of likely N-dealkylation sites (tertiary alicyclic amines) is 2. The monoisotopic (exact) mass is 334 g/mol. The lowest BCUT2D eigenvalue weighted by atomic mass is 10.0. The molecule has 2 saturated heterocycles. The van der Waals surface area contributed by atoms with Crippen molar-refractivity contribution >= 4 is 11.8 Å². The minimum Gasteiger partial charge on any atom is -0.391 e. The topological polar surface area (TPSA) is 89.5 Å². The molecule has 0 saturated carbocycles. The van der Waals surface area contributed by atoms with Crippen molar-refractivity contribution in [3.63, 3.8) is 0 Å². The van der Waals surface area contributed by atoms with Crippen LogP contribution in [0.3, 0.4) is 0 Å². The highest BCUT2D eigenvalue weighted by Crippen LogP contribution is 2.22. The van der Waals surface area contributed by atoms with E-state index in [4.69, 9.17) is 0 Å². The number of aromatic amines is 1. The van der Waals surface area contributed by atoms with Gasteiger partial charge in [0, 0.05) is 50.6 Å². The number of aliphatic hydroxyl groups is 1. The Morgan fingerprint density at radius 2 is 2.29 bits per heavy atom. The highest BCUT2D eigenvalue weighted by Gasteiger charge is 2.34. The number of aryl methyl sites for hydroxylation is 1. The minimum atomic E-state index is -0.494. The second-order valence-electron chi connectivity index (χ2n) is 6.96. The number of carbonyl (C=O) groups is 2. The van der Waals surface area contributed by atoms with Gasteiger partial charge >= 0.3 is 0 Å². The van der Waals surface area contributed by atoms with E-state index >= 15 is 0 Å². The average molecular weight is 334 g/mol. The number of β-amino-alcohol motifs (C(OH)–C–C–N with tert-alkyl or cyclic N) is 1.